The minimum atomic E-state index is -1.12. The molecule has 0 aliphatic heterocycles. The molecular weight excluding hydrogens is 439 g/mol. The number of hydrogen-bond acceptors (Lipinski definition) is 5. The number of hydrogen-bond donors (Lipinski definition) is 2. The minimum Gasteiger partial charge on any atom is -0.386 e. The molecule has 0 fully saturated rings. The Morgan fingerprint density at radius 3 is 2.43 bits per heavy atom. The number of aryl methyl sites for hydroxylation is 1. The van der Waals surface area contributed by atoms with Gasteiger partial charge in [-0.15, -0.1) is 0 Å². The Labute approximate surface area is 210 Å². The van der Waals surface area contributed by atoms with E-state index in [1.807, 2.05) is 78.7 Å². The van der Waals surface area contributed by atoms with Gasteiger partial charge in [0.1, 0.15) is 0 Å². The van der Waals surface area contributed by atoms with Crippen molar-refractivity contribution >= 4 is 23.5 Å². The van der Waals surface area contributed by atoms with E-state index in [-0.39, 0.29) is 0 Å². The Hall–Kier alpha value is -3.58. The van der Waals surface area contributed by atoms with E-state index in [4.69, 9.17) is 0 Å². The van der Waals surface area contributed by atoms with Crippen LogP contribution in [0.1, 0.15) is 29.3 Å². The highest BCUT2D eigenvalue weighted by atomic mass is 19.1. The van der Waals surface area contributed by atoms with E-state index >= 15 is 0 Å². The normalized spacial score (nSPS) is 12.1. The van der Waals surface area contributed by atoms with Gasteiger partial charge in [-0.3, -0.25) is 4.90 Å². The van der Waals surface area contributed by atoms with Gasteiger partial charge < -0.3 is 15.5 Å². The highest BCUT2D eigenvalue weighted by Gasteiger charge is 2.12. The third-order valence-electron chi connectivity index (χ3n) is 4.97. The standard InChI is InChI=1S/C18H29FN4.C10H12N2/c1-13-8-9-17(21-15(3)19)16(10-13)14(2)18(20-4)11-23(7)12-22(5)6;1-4-6-7-12-9(3)10(5-2)8-11-12/h8-11,15,20-21H,2,12H2,1,3-7H3;4-8H,1-2H2,3H3/b18-11+;7-6-. The van der Waals surface area contributed by atoms with Crippen LogP contribution in [0.4, 0.5) is 10.1 Å². The van der Waals surface area contributed by atoms with Gasteiger partial charge in [0.05, 0.1) is 18.6 Å². The zero-order valence-corrected chi connectivity index (χ0v) is 22.3. The van der Waals surface area contributed by atoms with Crippen LogP contribution in [0.5, 0.6) is 0 Å². The fourth-order valence-corrected chi connectivity index (χ4v) is 3.32. The van der Waals surface area contributed by atoms with Gasteiger partial charge in [0.2, 0.25) is 0 Å². The first-order valence-corrected chi connectivity index (χ1v) is 11.4. The monoisotopic (exact) mass is 480 g/mol. The number of rotatable bonds is 11. The molecule has 1 aromatic carbocycles. The Kier molecular flexibility index (Phi) is 12.3. The summed E-state index contributed by atoms with van der Waals surface area (Å²) in [5.74, 6) is 0. The van der Waals surface area contributed by atoms with E-state index in [1.54, 1.807) is 23.0 Å². The fourth-order valence-electron chi connectivity index (χ4n) is 3.32. The van der Waals surface area contributed by atoms with Gasteiger partial charge in [0.15, 0.2) is 6.30 Å². The van der Waals surface area contributed by atoms with Gasteiger partial charge in [-0.1, -0.05) is 43.5 Å². The van der Waals surface area contributed by atoms with Crippen molar-refractivity contribution in [1.29, 1.82) is 0 Å². The van der Waals surface area contributed by atoms with Crippen molar-refractivity contribution in [2.45, 2.75) is 27.1 Å². The SMILES string of the molecule is C=C(/C(=C\N(C)CN(C)C)NC)c1cc(C)ccc1NC(C)F.C=C/C=C\n1ncc(C=C)c1C. The lowest BCUT2D eigenvalue weighted by Crippen LogP contribution is -2.27. The number of likely N-dealkylation sites (N-methyl/N-ethyl adjacent to an activating group) is 1. The summed E-state index contributed by atoms with van der Waals surface area (Å²) < 4.78 is 15.2. The predicted octanol–water partition coefficient (Wildman–Crippen LogP) is 5.74. The summed E-state index contributed by atoms with van der Waals surface area (Å²) in [6.45, 7) is 17.8. The van der Waals surface area contributed by atoms with Crippen molar-refractivity contribution in [2.75, 3.05) is 40.2 Å². The van der Waals surface area contributed by atoms with Crippen LogP contribution < -0.4 is 10.6 Å². The van der Waals surface area contributed by atoms with Crippen molar-refractivity contribution in [3.63, 3.8) is 0 Å². The lowest BCUT2D eigenvalue weighted by molar-refractivity contribution is 0.266. The van der Waals surface area contributed by atoms with Crippen molar-refractivity contribution in [3.8, 4) is 0 Å². The Bertz CT molecular complexity index is 1050. The van der Waals surface area contributed by atoms with Crippen LogP contribution >= 0.6 is 0 Å². The Morgan fingerprint density at radius 2 is 1.91 bits per heavy atom. The zero-order valence-electron chi connectivity index (χ0n) is 22.3. The summed E-state index contributed by atoms with van der Waals surface area (Å²) in [5, 5.41) is 10.2. The number of nitrogens with zero attached hydrogens (tertiary/aromatic N) is 4. The Balaban J connectivity index is 0.000000427. The first-order chi connectivity index (χ1) is 16.5. The van der Waals surface area contributed by atoms with E-state index in [9.17, 15) is 4.39 Å². The van der Waals surface area contributed by atoms with E-state index in [1.165, 1.54) is 6.92 Å². The maximum Gasteiger partial charge on any atom is 0.167 e. The van der Waals surface area contributed by atoms with Crippen molar-refractivity contribution < 1.29 is 4.39 Å². The molecule has 1 heterocycles. The van der Waals surface area contributed by atoms with Crippen LogP contribution in [-0.4, -0.2) is 60.7 Å². The van der Waals surface area contributed by atoms with E-state index in [0.717, 1.165) is 46.0 Å². The molecule has 0 aliphatic carbocycles. The van der Waals surface area contributed by atoms with Crippen LogP contribution in [0, 0.1) is 13.8 Å². The number of allylic oxidation sites excluding steroid dienone is 3. The number of anilines is 1. The third kappa shape index (κ3) is 9.66. The summed E-state index contributed by atoms with van der Waals surface area (Å²) in [4.78, 5) is 4.15. The number of halogens is 1. The quantitative estimate of drug-likeness (QED) is 0.244. The average Bonchev–Trinajstić information content (AvgIpc) is 3.15. The molecule has 2 rings (SSSR count). The van der Waals surface area contributed by atoms with Crippen LogP contribution in [0.25, 0.3) is 17.8 Å². The topological polar surface area (TPSA) is 48.4 Å². The second-order valence-electron chi connectivity index (χ2n) is 8.47. The minimum absolute atomic E-state index is 0.743. The van der Waals surface area contributed by atoms with Crippen molar-refractivity contribution in [3.05, 3.63) is 90.6 Å². The second-order valence-corrected chi connectivity index (χ2v) is 8.47. The van der Waals surface area contributed by atoms with E-state index in [2.05, 4.69) is 45.3 Å². The molecule has 0 saturated heterocycles. The highest BCUT2D eigenvalue weighted by Crippen LogP contribution is 2.29. The van der Waals surface area contributed by atoms with E-state index in [0.29, 0.717) is 0 Å². The summed E-state index contributed by atoms with van der Waals surface area (Å²) in [6, 6.07) is 5.87. The molecule has 1 aromatic heterocycles. The van der Waals surface area contributed by atoms with Crippen LogP contribution in [0.3, 0.4) is 0 Å². The summed E-state index contributed by atoms with van der Waals surface area (Å²) >= 11 is 0. The summed E-state index contributed by atoms with van der Waals surface area (Å²) in [5.41, 5.74) is 6.61. The van der Waals surface area contributed by atoms with Crippen LogP contribution in [0.15, 0.2) is 68.2 Å². The smallest absolute Gasteiger partial charge is 0.167 e. The maximum absolute atomic E-state index is 13.4. The largest absolute Gasteiger partial charge is 0.386 e. The third-order valence-corrected chi connectivity index (χ3v) is 4.97. The molecule has 7 heteroatoms. The molecule has 0 amide bonds. The number of nitrogens with one attached hydrogen (secondary N) is 2. The summed E-state index contributed by atoms with van der Waals surface area (Å²) in [6.07, 6.45) is 9.88. The highest BCUT2D eigenvalue weighted by molar-refractivity contribution is 5.84. The first-order valence-electron chi connectivity index (χ1n) is 11.4. The lowest BCUT2D eigenvalue weighted by Gasteiger charge is -2.23. The molecule has 6 nitrogen and oxygen atoms in total. The van der Waals surface area contributed by atoms with Crippen LogP contribution in [0.2, 0.25) is 0 Å². The van der Waals surface area contributed by atoms with Crippen molar-refractivity contribution in [1.82, 2.24) is 24.9 Å². The molecule has 0 bridgehead atoms. The molecule has 2 aromatic rings. The Morgan fingerprint density at radius 1 is 1.23 bits per heavy atom. The molecule has 1 atom stereocenters. The molecule has 0 aliphatic rings. The average molecular weight is 481 g/mol. The molecule has 35 heavy (non-hydrogen) atoms. The molecule has 0 radical (unpaired) electrons. The van der Waals surface area contributed by atoms with Crippen LogP contribution in [-0.2, 0) is 0 Å². The fraction of sp³-hybridized carbons (Fsp3) is 0.321. The van der Waals surface area contributed by atoms with Crippen molar-refractivity contribution in [2.24, 2.45) is 0 Å². The molecular formula is C28H41FN6. The first kappa shape index (κ1) is 29.5. The molecule has 0 spiro atoms. The zero-order chi connectivity index (χ0) is 26.5. The number of aromatic nitrogens is 2. The number of alkyl halides is 1. The molecule has 190 valence electrons. The van der Waals surface area contributed by atoms with Gasteiger partial charge in [-0.2, -0.15) is 5.10 Å². The van der Waals surface area contributed by atoms with Gasteiger partial charge >= 0.3 is 0 Å². The predicted molar refractivity (Wildman–Crippen MR) is 150 cm³/mol. The summed E-state index contributed by atoms with van der Waals surface area (Å²) in [7, 11) is 7.90. The second kappa shape index (κ2) is 14.6. The maximum atomic E-state index is 13.4. The number of benzene rings is 1. The van der Waals surface area contributed by atoms with Gasteiger partial charge in [-0.05, 0) is 53.1 Å². The molecule has 2 N–H and O–H groups in total. The molecule has 1 unspecified atom stereocenters. The van der Waals surface area contributed by atoms with Gasteiger partial charge in [0, 0.05) is 54.6 Å². The van der Waals surface area contributed by atoms with Gasteiger partial charge in [0.25, 0.3) is 0 Å². The molecule has 0 saturated carbocycles. The van der Waals surface area contributed by atoms with E-state index < -0.39 is 6.30 Å². The lowest BCUT2D eigenvalue weighted by atomic mass is 10.00. The van der Waals surface area contributed by atoms with Gasteiger partial charge in [-0.25, -0.2) is 9.07 Å².